The van der Waals surface area contributed by atoms with Crippen LogP contribution in [0.3, 0.4) is 0 Å². The van der Waals surface area contributed by atoms with Crippen LogP contribution in [-0.2, 0) is 0 Å². The zero-order valence-corrected chi connectivity index (χ0v) is 46.9. The first-order chi connectivity index (χ1) is 38.2. The van der Waals surface area contributed by atoms with Gasteiger partial charge >= 0.3 is 459 Å². The average molecular weight is 1120 g/mol. The summed E-state index contributed by atoms with van der Waals surface area (Å²) in [5, 5.41) is 5.88. The second-order valence-electron chi connectivity index (χ2n) is 20.0. The molecule has 0 amide bonds. The molecule has 0 bridgehead atoms. The van der Waals surface area contributed by atoms with Gasteiger partial charge in [-0.05, 0) is 0 Å². The molecule has 77 heavy (non-hydrogen) atoms. The molecule has 15 aromatic rings. The van der Waals surface area contributed by atoms with E-state index in [0.717, 1.165) is 43.5 Å². The Kier molecular flexibility index (Phi) is 11.1. The van der Waals surface area contributed by atoms with E-state index in [1.54, 1.807) is 11.3 Å². The summed E-state index contributed by atoms with van der Waals surface area (Å²) in [5.41, 5.74) is 5.31. The molecule has 0 aliphatic carbocycles. The monoisotopic (exact) mass is 1120 g/mol. The van der Waals surface area contributed by atoms with Crippen LogP contribution in [0.2, 0.25) is 0 Å². The molecule has 4 nitrogen and oxygen atoms in total. The molecule has 0 N–H and O–H groups in total. The number of thiophene rings is 1. The van der Waals surface area contributed by atoms with Gasteiger partial charge in [0.1, 0.15) is 0 Å². The van der Waals surface area contributed by atoms with Crippen LogP contribution in [0.5, 0.6) is 0 Å². The molecule has 4 aromatic heterocycles. The van der Waals surface area contributed by atoms with Crippen molar-refractivity contribution in [2.75, 3.05) is 0 Å². The van der Waals surface area contributed by atoms with Crippen LogP contribution in [0.15, 0.2) is 291 Å². The predicted octanol–water partition coefficient (Wildman–Crippen LogP) is 11.8. The van der Waals surface area contributed by atoms with Gasteiger partial charge in [-0.3, -0.25) is 0 Å². The van der Waals surface area contributed by atoms with Crippen molar-refractivity contribution in [1.29, 1.82) is 0 Å². The zero-order valence-electron chi connectivity index (χ0n) is 41.9. The maximum absolute atomic E-state index is 5.86. The summed E-state index contributed by atoms with van der Waals surface area (Å²) in [7, 11) is 0. The zero-order chi connectivity index (χ0) is 50.9. The van der Waals surface area contributed by atoms with E-state index in [1.165, 1.54) is 61.4 Å². The second-order valence-corrected chi connectivity index (χ2v) is 37.0. The summed E-state index contributed by atoms with van der Waals surface area (Å²) >= 11 is -5.48. The fourth-order valence-electron chi connectivity index (χ4n) is 12.8. The fraction of sp³-hybridized carbons (Fsp3) is 0. The van der Waals surface area contributed by atoms with Crippen molar-refractivity contribution in [2.24, 2.45) is 0 Å². The first-order valence-electron chi connectivity index (χ1n) is 26.3. The molecule has 0 spiro atoms. The minimum absolute atomic E-state index is 0.644. The van der Waals surface area contributed by atoms with E-state index in [2.05, 4.69) is 300 Å². The van der Waals surface area contributed by atoms with Crippen LogP contribution in [-0.4, -0.2) is 45.6 Å². The molecule has 0 atom stereocenters. The molecule has 0 saturated heterocycles. The van der Waals surface area contributed by atoms with Crippen LogP contribution < -0.4 is 35.2 Å². The van der Waals surface area contributed by atoms with Crippen LogP contribution in [0.25, 0.3) is 75.7 Å². The number of rotatable bonds is 10. The molecule has 15 rings (SSSR count). The summed E-state index contributed by atoms with van der Waals surface area (Å²) in [6, 6.07) is 109. The van der Waals surface area contributed by atoms with E-state index >= 15 is 0 Å². The van der Waals surface area contributed by atoms with Crippen molar-refractivity contribution in [3.05, 3.63) is 291 Å². The van der Waals surface area contributed by atoms with Crippen LogP contribution in [0, 0.1) is 0 Å². The number of para-hydroxylation sites is 2. The maximum atomic E-state index is 5.86. The van der Waals surface area contributed by atoms with Gasteiger partial charge in [-0.1, -0.05) is 0 Å². The van der Waals surface area contributed by atoms with Crippen molar-refractivity contribution in [1.82, 2.24) is 19.1 Å². The van der Waals surface area contributed by atoms with E-state index in [1.807, 2.05) is 0 Å². The topological polar surface area (TPSA) is 35.6 Å². The molecule has 362 valence electrons. The van der Waals surface area contributed by atoms with Gasteiger partial charge in [0.15, 0.2) is 0 Å². The first-order valence-corrected chi connectivity index (χ1v) is 35.5. The van der Waals surface area contributed by atoms with Crippen molar-refractivity contribution in [3.8, 4) is 11.8 Å². The number of nitrogens with zero attached hydrogens (tertiary/aromatic N) is 4. The number of fused-ring (bicyclic) bond motifs is 9. The van der Waals surface area contributed by atoms with Gasteiger partial charge in [0.25, 0.3) is 0 Å². The van der Waals surface area contributed by atoms with Gasteiger partial charge in [0.05, 0.1) is 0 Å². The quantitative estimate of drug-likeness (QED) is 0.128. The summed E-state index contributed by atoms with van der Waals surface area (Å²) in [6.45, 7) is 0. The molecule has 0 saturated carbocycles. The molecular weight excluding hydrogens is 1070 g/mol. The standard InChI is InChI=1S/C70H48Ge2N4S/c1-7-25-49(26-8-1)71(50-27-9-2-10-28-50,51-29-11-3-12-30-51)55-43-45-64-60(47-55)57-37-19-22-40-62(57)75(64)69-68-67(59-39-21-24-42-66(59)77-68)73-70(74-69)76-63-41-23-20-38-58(63)61-48-56(44-46-65(61)76)72(52-31-13-4-14-32-52,53-33-15-5-16-34-53)54-35-17-6-18-36-54/h1-48H. The average Bonchev–Trinajstić information content (AvgIpc) is 4.41. The third kappa shape index (κ3) is 7.04. The van der Waals surface area contributed by atoms with Crippen molar-refractivity contribution >= 4 is 137 Å². The predicted molar refractivity (Wildman–Crippen MR) is 331 cm³/mol. The Morgan fingerprint density at radius 3 is 1.04 bits per heavy atom. The van der Waals surface area contributed by atoms with Crippen molar-refractivity contribution in [3.63, 3.8) is 0 Å². The van der Waals surface area contributed by atoms with Gasteiger partial charge in [-0.2, -0.15) is 0 Å². The molecule has 0 fully saturated rings. The number of hydrogen-bond donors (Lipinski definition) is 0. The number of benzene rings is 11. The Balaban J connectivity index is 1.00. The third-order valence-corrected chi connectivity index (χ3v) is 37.2. The Morgan fingerprint density at radius 1 is 0.273 bits per heavy atom. The number of aromatic nitrogens is 4. The SMILES string of the molecule is c1cc[c]([Ge]([c]2ccccc2)([c]2ccccc2)[c]2ccc3c(c2)c2ccccc2n3-c2nc(-n3c4ccccc4c4c[c]([Ge]([c]5ccccc5)([c]5ccccc5)[c]5ccccc5)ccc43)c3sc4ccccc4c3n2)cc1. The summed E-state index contributed by atoms with van der Waals surface area (Å²) in [5.74, 6) is 1.52. The minimum atomic E-state index is -3.63. The molecule has 0 radical (unpaired) electrons. The Hall–Kier alpha value is -8.59. The summed E-state index contributed by atoms with van der Waals surface area (Å²) in [6.07, 6.45) is 0. The van der Waals surface area contributed by atoms with Crippen molar-refractivity contribution < 1.29 is 0 Å². The Bertz CT molecular complexity index is 4480. The summed E-state index contributed by atoms with van der Waals surface area (Å²) in [4.78, 5) is 11.5. The first kappa shape index (κ1) is 45.8. The van der Waals surface area contributed by atoms with Crippen LogP contribution >= 0.6 is 11.3 Å². The normalized spacial score (nSPS) is 12.2. The van der Waals surface area contributed by atoms with E-state index in [-0.39, 0.29) is 0 Å². The Labute approximate surface area is 455 Å². The molecule has 4 heterocycles. The molecular formula is C70H48Ge2N4S. The van der Waals surface area contributed by atoms with Crippen molar-refractivity contribution in [2.45, 2.75) is 0 Å². The van der Waals surface area contributed by atoms with E-state index in [9.17, 15) is 0 Å². The second kappa shape index (κ2) is 18.6. The fourth-order valence-corrected chi connectivity index (χ4v) is 33.9. The van der Waals surface area contributed by atoms with E-state index in [0.29, 0.717) is 5.95 Å². The van der Waals surface area contributed by atoms with E-state index in [4.69, 9.17) is 9.97 Å². The summed E-state index contributed by atoms with van der Waals surface area (Å²) < 4.78 is 18.1. The molecule has 11 aromatic carbocycles. The van der Waals surface area contributed by atoms with Crippen LogP contribution in [0.1, 0.15) is 0 Å². The molecule has 0 aliphatic rings. The number of hydrogen-bond acceptors (Lipinski definition) is 3. The third-order valence-electron chi connectivity index (χ3n) is 16.1. The van der Waals surface area contributed by atoms with Gasteiger partial charge in [-0.25, -0.2) is 0 Å². The van der Waals surface area contributed by atoms with E-state index < -0.39 is 26.5 Å². The van der Waals surface area contributed by atoms with Gasteiger partial charge in [0, 0.05) is 0 Å². The van der Waals surface area contributed by atoms with Crippen LogP contribution in [0.4, 0.5) is 0 Å². The molecule has 0 unspecified atom stereocenters. The van der Waals surface area contributed by atoms with Gasteiger partial charge in [-0.15, -0.1) is 0 Å². The molecule has 7 heteroatoms. The molecule has 0 aliphatic heterocycles. The van der Waals surface area contributed by atoms with Gasteiger partial charge in [0.2, 0.25) is 0 Å². The van der Waals surface area contributed by atoms with Gasteiger partial charge < -0.3 is 0 Å². The Morgan fingerprint density at radius 2 is 0.610 bits per heavy atom.